The van der Waals surface area contributed by atoms with E-state index in [1.165, 1.54) is 32.4 Å². The number of carbonyl (C=O) groups excluding carboxylic acids is 1. The van der Waals surface area contributed by atoms with Gasteiger partial charge in [-0.2, -0.15) is 0 Å². The Labute approximate surface area is 155 Å². The van der Waals surface area contributed by atoms with Crippen LogP contribution in [0.2, 0.25) is 0 Å². The third-order valence-corrected chi connectivity index (χ3v) is 5.94. The minimum atomic E-state index is -0.138. The van der Waals surface area contributed by atoms with Gasteiger partial charge in [0.1, 0.15) is 17.1 Å². The second-order valence-corrected chi connectivity index (χ2v) is 7.71. The Morgan fingerprint density at radius 3 is 2.35 bits per heavy atom. The van der Waals surface area contributed by atoms with E-state index in [0.717, 1.165) is 13.0 Å². The molecule has 1 unspecified atom stereocenters. The van der Waals surface area contributed by atoms with Gasteiger partial charge in [0.05, 0.1) is 33.9 Å². The molecule has 0 bridgehead atoms. The summed E-state index contributed by atoms with van der Waals surface area (Å²) in [5, 5.41) is 0. The molecule has 3 fully saturated rings. The number of amides is 1. The molecule has 1 atom stereocenters. The zero-order valence-corrected chi connectivity index (χ0v) is 15.7. The lowest BCUT2D eigenvalue weighted by atomic mass is 9.88. The molecule has 142 valence electrons. The minimum Gasteiger partial charge on any atom is -0.497 e. The first-order chi connectivity index (χ1) is 12.6. The number of methoxy groups -OCH3 is 2. The van der Waals surface area contributed by atoms with Crippen LogP contribution in [0.5, 0.6) is 11.5 Å². The van der Waals surface area contributed by atoms with Gasteiger partial charge in [0.25, 0.3) is 5.91 Å². The van der Waals surface area contributed by atoms with Crippen molar-refractivity contribution in [1.82, 2.24) is 9.80 Å². The summed E-state index contributed by atoms with van der Waals surface area (Å²) in [4.78, 5) is 17.3. The standard InChI is InChI=1S/C20H28N2O4/c1-24-17-8-15(9-18(10-17)25-2)19(23)22-13-20(14-22)11-16(12-26-20)21-6-4-3-5-7-21/h8-10,16H,3-7,11-14H2,1-2H3. The van der Waals surface area contributed by atoms with E-state index < -0.39 is 0 Å². The first-order valence-corrected chi connectivity index (χ1v) is 9.53. The number of nitrogens with zero attached hydrogens (tertiary/aromatic N) is 2. The summed E-state index contributed by atoms with van der Waals surface area (Å²) in [7, 11) is 3.18. The average Bonchev–Trinajstić information content (AvgIpc) is 3.12. The molecule has 6 nitrogen and oxygen atoms in total. The fraction of sp³-hybridized carbons (Fsp3) is 0.650. The summed E-state index contributed by atoms with van der Waals surface area (Å²) in [6, 6.07) is 5.83. The first kappa shape index (κ1) is 17.6. The highest BCUT2D eigenvalue weighted by atomic mass is 16.5. The molecule has 0 saturated carbocycles. The van der Waals surface area contributed by atoms with Crippen molar-refractivity contribution in [2.45, 2.75) is 37.3 Å². The van der Waals surface area contributed by atoms with E-state index >= 15 is 0 Å². The Balaban J connectivity index is 1.38. The average molecular weight is 360 g/mol. The van der Waals surface area contributed by atoms with E-state index in [1.54, 1.807) is 32.4 Å². The number of likely N-dealkylation sites (tertiary alicyclic amines) is 2. The number of rotatable bonds is 4. The zero-order chi connectivity index (χ0) is 18.1. The van der Waals surface area contributed by atoms with E-state index in [0.29, 0.717) is 36.2 Å². The normalized spacial score (nSPS) is 25.2. The molecule has 3 aliphatic rings. The molecule has 1 aromatic carbocycles. The molecule has 3 aliphatic heterocycles. The molecule has 1 spiro atoms. The van der Waals surface area contributed by atoms with Crippen molar-refractivity contribution in [3.8, 4) is 11.5 Å². The van der Waals surface area contributed by atoms with Crippen molar-refractivity contribution in [2.75, 3.05) is 47.0 Å². The van der Waals surface area contributed by atoms with Gasteiger partial charge in [-0.05, 0) is 44.5 Å². The molecule has 0 radical (unpaired) electrons. The Morgan fingerprint density at radius 2 is 1.73 bits per heavy atom. The zero-order valence-electron chi connectivity index (χ0n) is 15.7. The molecule has 1 aromatic rings. The summed E-state index contributed by atoms with van der Waals surface area (Å²) in [6.07, 6.45) is 4.98. The Kier molecular flexibility index (Phi) is 4.80. The monoisotopic (exact) mass is 360 g/mol. The van der Waals surface area contributed by atoms with Crippen LogP contribution in [0.25, 0.3) is 0 Å². The maximum atomic E-state index is 12.8. The van der Waals surface area contributed by atoms with Gasteiger partial charge in [-0.25, -0.2) is 0 Å². The second kappa shape index (κ2) is 7.08. The number of hydrogen-bond donors (Lipinski definition) is 0. The van der Waals surface area contributed by atoms with Crippen molar-refractivity contribution in [1.29, 1.82) is 0 Å². The van der Waals surface area contributed by atoms with Gasteiger partial charge in [0, 0.05) is 17.7 Å². The molecular formula is C20H28N2O4. The van der Waals surface area contributed by atoms with Crippen LogP contribution in [0.3, 0.4) is 0 Å². The van der Waals surface area contributed by atoms with Crippen LogP contribution in [0, 0.1) is 0 Å². The molecule has 6 heteroatoms. The number of ether oxygens (including phenoxy) is 3. The third kappa shape index (κ3) is 3.28. The van der Waals surface area contributed by atoms with Gasteiger partial charge in [-0.1, -0.05) is 6.42 Å². The summed E-state index contributed by atoms with van der Waals surface area (Å²) in [6.45, 7) is 4.53. The first-order valence-electron chi connectivity index (χ1n) is 9.53. The largest absolute Gasteiger partial charge is 0.497 e. The third-order valence-electron chi connectivity index (χ3n) is 5.94. The molecule has 0 aliphatic carbocycles. The van der Waals surface area contributed by atoms with Crippen LogP contribution in [-0.4, -0.2) is 74.4 Å². The SMILES string of the molecule is COc1cc(OC)cc(C(=O)N2CC3(CC(N4CCCCC4)CO3)C2)c1. The van der Waals surface area contributed by atoms with Crippen LogP contribution >= 0.6 is 0 Å². The molecule has 0 aromatic heterocycles. The predicted molar refractivity (Wildman–Crippen MR) is 98.0 cm³/mol. The van der Waals surface area contributed by atoms with Crippen LogP contribution in [0.1, 0.15) is 36.0 Å². The number of piperidine rings is 1. The van der Waals surface area contributed by atoms with Crippen LogP contribution in [0.4, 0.5) is 0 Å². The molecule has 1 amide bonds. The summed E-state index contributed by atoms with van der Waals surface area (Å²) in [5.41, 5.74) is 0.461. The molecule has 3 saturated heterocycles. The number of benzene rings is 1. The highest BCUT2D eigenvalue weighted by Gasteiger charge is 2.52. The van der Waals surface area contributed by atoms with E-state index in [-0.39, 0.29) is 11.5 Å². The fourth-order valence-electron chi connectivity index (χ4n) is 4.47. The van der Waals surface area contributed by atoms with Gasteiger partial charge in [-0.3, -0.25) is 9.69 Å². The summed E-state index contributed by atoms with van der Waals surface area (Å²) >= 11 is 0. The smallest absolute Gasteiger partial charge is 0.254 e. The van der Waals surface area contributed by atoms with Gasteiger partial charge in [0.2, 0.25) is 0 Å². The second-order valence-electron chi connectivity index (χ2n) is 7.71. The highest BCUT2D eigenvalue weighted by Crippen LogP contribution is 2.38. The topological polar surface area (TPSA) is 51.2 Å². The maximum Gasteiger partial charge on any atom is 0.254 e. The number of hydrogen-bond acceptors (Lipinski definition) is 5. The predicted octanol–water partition coefficient (Wildman–Crippen LogP) is 2.17. The van der Waals surface area contributed by atoms with Gasteiger partial charge in [0.15, 0.2) is 0 Å². The van der Waals surface area contributed by atoms with Crippen molar-refractivity contribution in [3.05, 3.63) is 23.8 Å². The van der Waals surface area contributed by atoms with Crippen molar-refractivity contribution < 1.29 is 19.0 Å². The lowest BCUT2D eigenvalue weighted by Gasteiger charge is -2.47. The summed E-state index contributed by atoms with van der Waals surface area (Å²) in [5.74, 6) is 1.27. The summed E-state index contributed by atoms with van der Waals surface area (Å²) < 4.78 is 16.7. The molecule has 0 N–H and O–H groups in total. The lowest BCUT2D eigenvalue weighted by molar-refractivity contribution is -0.0951. The Morgan fingerprint density at radius 1 is 1.08 bits per heavy atom. The molecule has 3 heterocycles. The van der Waals surface area contributed by atoms with E-state index in [1.807, 2.05) is 4.90 Å². The molecular weight excluding hydrogens is 332 g/mol. The lowest BCUT2D eigenvalue weighted by Crippen LogP contribution is -2.63. The van der Waals surface area contributed by atoms with Crippen LogP contribution in [-0.2, 0) is 4.74 Å². The molecule has 26 heavy (non-hydrogen) atoms. The van der Waals surface area contributed by atoms with Gasteiger partial charge in [-0.15, -0.1) is 0 Å². The van der Waals surface area contributed by atoms with E-state index in [9.17, 15) is 4.79 Å². The van der Waals surface area contributed by atoms with Gasteiger partial charge >= 0.3 is 0 Å². The highest BCUT2D eigenvalue weighted by molar-refractivity contribution is 5.95. The van der Waals surface area contributed by atoms with Gasteiger partial charge < -0.3 is 19.1 Å². The van der Waals surface area contributed by atoms with Crippen LogP contribution < -0.4 is 9.47 Å². The minimum absolute atomic E-state index is 0.0119. The van der Waals surface area contributed by atoms with E-state index in [2.05, 4.69) is 4.90 Å². The number of carbonyl (C=O) groups is 1. The Bertz CT molecular complexity index is 644. The molecule has 4 rings (SSSR count). The van der Waals surface area contributed by atoms with Crippen molar-refractivity contribution >= 4 is 5.91 Å². The van der Waals surface area contributed by atoms with Crippen molar-refractivity contribution in [2.24, 2.45) is 0 Å². The fourth-order valence-corrected chi connectivity index (χ4v) is 4.47. The van der Waals surface area contributed by atoms with Crippen LogP contribution in [0.15, 0.2) is 18.2 Å². The van der Waals surface area contributed by atoms with E-state index in [4.69, 9.17) is 14.2 Å². The quantitative estimate of drug-likeness (QED) is 0.824. The maximum absolute atomic E-state index is 12.8. The van der Waals surface area contributed by atoms with Crippen molar-refractivity contribution in [3.63, 3.8) is 0 Å². The Hall–Kier alpha value is -1.79.